The van der Waals surface area contributed by atoms with E-state index in [4.69, 9.17) is 9.84 Å². The highest BCUT2D eigenvalue weighted by molar-refractivity contribution is 5.91. The molecule has 1 aromatic carbocycles. The fraction of sp³-hybridized carbons (Fsp3) is 0.417. The van der Waals surface area contributed by atoms with Gasteiger partial charge in [0.1, 0.15) is 0 Å². The lowest BCUT2D eigenvalue weighted by Gasteiger charge is -2.23. The van der Waals surface area contributed by atoms with Crippen molar-refractivity contribution in [2.75, 3.05) is 25.0 Å². The molecule has 1 atom stereocenters. The summed E-state index contributed by atoms with van der Waals surface area (Å²) in [6.07, 6.45) is 0.0656. The summed E-state index contributed by atoms with van der Waals surface area (Å²) in [5.74, 6) is -1.44. The van der Waals surface area contributed by atoms with Crippen molar-refractivity contribution in [2.45, 2.75) is 12.5 Å². The van der Waals surface area contributed by atoms with E-state index in [1.807, 2.05) is 0 Å². The molecule has 5 nitrogen and oxygen atoms in total. The smallest absolute Gasteiger partial charge is 0.227 e. The van der Waals surface area contributed by atoms with E-state index in [0.717, 1.165) is 12.6 Å². The van der Waals surface area contributed by atoms with Gasteiger partial charge in [0.25, 0.3) is 0 Å². The van der Waals surface area contributed by atoms with Gasteiger partial charge in [-0.2, -0.15) is 0 Å². The van der Waals surface area contributed by atoms with Gasteiger partial charge in [-0.15, -0.1) is 0 Å². The van der Waals surface area contributed by atoms with E-state index in [0.29, 0.717) is 18.8 Å². The minimum Gasteiger partial charge on any atom is -0.505 e. The first-order valence-electron chi connectivity index (χ1n) is 5.76. The van der Waals surface area contributed by atoms with Crippen molar-refractivity contribution in [1.82, 2.24) is 5.32 Å². The highest BCUT2D eigenvalue weighted by Crippen LogP contribution is 2.19. The van der Waals surface area contributed by atoms with Crippen LogP contribution in [0.4, 0.5) is 10.1 Å². The molecule has 1 unspecified atom stereocenters. The number of carbonyl (C=O) groups excluding carboxylic acids is 1. The molecule has 1 aliphatic rings. The number of anilines is 1. The zero-order valence-corrected chi connectivity index (χ0v) is 9.78. The van der Waals surface area contributed by atoms with Crippen molar-refractivity contribution in [2.24, 2.45) is 0 Å². The van der Waals surface area contributed by atoms with Gasteiger partial charge in [-0.25, -0.2) is 4.39 Å². The van der Waals surface area contributed by atoms with Crippen molar-refractivity contribution < 1.29 is 19.0 Å². The van der Waals surface area contributed by atoms with Crippen molar-refractivity contribution >= 4 is 11.6 Å². The minimum atomic E-state index is -0.761. The number of halogens is 1. The highest BCUT2D eigenvalue weighted by Gasteiger charge is 2.17. The lowest BCUT2D eigenvalue weighted by Crippen LogP contribution is -2.40. The molecule has 1 heterocycles. The Morgan fingerprint density at radius 1 is 1.61 bits per heavy atom. The Balaban J connectivity index is 1.88. The number of rotatable bonds is 3. The third-order valence-electron chi connectivity index (χ3n) is 2.65. The van der Waals surface area contributed by atoms with Crippen molar-refractivity contribution in [3.05, 3.63) is 24.0 Å². The molecule has 1 saturated heterocycles. The van der Waals surface area contributed by atoms with E-state index < -0.39 is 11.6 Å². The minimum absolute atomic E-state index is 0.152. The SMILES string of the molecule is O=C(CC1CNCCO1)Nc1ccc(O)c(F)c1. The molecular weight excluding hydrogens is 239 g/mol. The van der Waals surface area contributed by atoms with E-state index in [1.165, 1.54) is 12.1 Å². The predicted molar refractivity (Wildman–Crippen MR) is 63.9 cm³/mol. The molecule has 0 aliphatic carbocycles. The van der Waals surface area contributed by atoms with Crippen LogP contribution in [0.15, 0.2) is 18.2 Å². The second kappa shape index (κ2) is 5.79. The van der Waals surface area contributed by atoms with Crippen molar-refractivity contribution in [3.8, 4) is 5.75 Å². The van der Waals surface area contributed by atoms with Crippen molar-refractivity contribution in [1.29, 1.82) is 0 Å². The molecule has 1 fully saturated rings. The summed E-state index contributed by atoms with van der Waals surface area (Å²) in [6.45, 7) is 2.02. The monoisotopic (exact) mass is 254 g/mol. The Morgan fingerprint density at radius 3 is 3.11 bits per heavy atom. The predicted octanol–water partition coefficient (Wildman–Crippen LogP) is 0.848. The van der Waals surface area contributed by atoms with Crippen LogP contribution in [0.25, 0.3) is 0 Å². The van der Waals surface area contributed by atoms with Gasteiger partial charge in [-0.3, -0.25) is 4.79 Å². The number of phenolic OH excluding ortho intramolecular Hbond substituents is 1. The second-order valence-electron chi connectivity index (χ2n) is 4.12. The van der Waals surface area contributed by atoms with E-state index in [9.17, 15) is 9.18 Å². The maximum absolute atomic E-state index is 13.1. The molecule has 1 aromatic rings. The maximum Gasteiger partial charge on any atom is 0.227 e. The van der Waals surface area contributed by atoms with E-state index in [1.54, 1.807) is 0 Å². The molecular formula is C12H15FN2O3. The first-order chi connectivity index (χ1) is 8.65. The van der Waals surface area contributed by atoms with E-state index >= 15 is 0 Å². The van der Waals surface area contributed by atoms with Crippen LogP contribution in [0, 0.1) is 5.82 Å². The zero-order valence-electron chi connectivity index (χ0n) is 9.78. The molecule has 3 N–H and O–H groups in total. The second-order valence-corrected chi connectivity index (χ2v) is 4.12. The third-order valence-corrected chi connectivity index (χ3v) is 2.65. The van der Waals surface area contributed by atoms with Crippen LogP contribution in [-0.2, 0) is 9.53 Å². The van der Waals surface area contributed by atoms with Gasteiger partial charge in [0.15, 0.2) is 11.6 Å². The van der Waals surface area contributed by atoms with Crippen LogP contribution < -0.4 is 10.6 Å². The summed E-state index contributed by atoms with van der Waals surface area (Å²) in [4.78, 5) is 11.7. The van der Waals surface area contributed by atoms with Gasteiger partial charge in [-0.05, 0) is 12.1 Å². The van der Waals surface area contributed by atoms with Crippen LogP contribution in [0.3, 0.4) is 0 Å². The summed E-state index contributed by atoms with van der Waals surface area (Å²) in [5.41, 5.74) is 0.319. The van der Waals surface area contributed by atoms with Gasteiger partial charge >= 0.3 is 0 Å². The summed E-state index contributed by atoms with van der Waals surface area (Å²) >= 11 is 0. The first kappa shape index (κ1) is 12.8. The average Bonchev–Trinajstić information content (AvgIpc) is 2.35. The summed E-state index contributed by atoms with van der Waals surface area (Å²) in [6, 6.07) is 3.72. The number of carbonyl (C=O) groups is 1. The fourth-order valence-electron chi connectivity index (χ4n) is 1.75. The Kier molecular flexibility index (Phi) is 4.11. The van der Waals surface area contributed by atoms with Crippen LogP contribution in [0.5, 0.6) is 5.75 Å². The Hall–Kier alpha value is -1.66. The highest BCUT2D eigenvalue weighted by atomic mass is 19.1. The summed E-state index contributed by atoms with van der Waals surface area (Å²) < 4.78 is 18.4. The largest absolute Gasteiger partial charge is 0.505 e. The quantitative estimate of drug-likeness (QED) is 0.699. The van der Waals surface area contributed by atoms with Crippen LogP contribution in [0.2, 0.25) is 0 Å². The standard InChI is InChI=1S/C12H15FN2O3/c13-10-5-8(1-2-11(10)16)15-12(17)6-9-7-14-3-4-18-9/h1-2,5,9,14,16H,3-4,6-7H2,(H,15,17). The van der Waals surface area contributed by atoms with Crippen LogP contribution >= 0.6 is 0 Å². The van der Waals surface area contributed by atoms with Gasteiger partial charge in [0, 0.05) is 24.8 Å². The number of amides is 1. The Bertz CT molecular complexity index is 433. The van der Waals surface area contributed by atoms with E-state index in [2.05, 4.69) is 10.6 Å². The molecule has 6 heteroatoms. The molecule has 0 bridgehead atoms. The van der Waals surface area contributed by atoms with Gasteiger partial charge in [0.05, 0.1) is 19.1 Å². The van der Waals surface area contributed by atoms with Crippen molar-refractivity contribution in [3.63, 3.8) is 0 Å². The van der Waals surface area contributed by atoms with Crippen LogP contribution in [-0.4, -0.2) is 36.8 Å². The zero-order chi connectivity index (χ0) is 13.0. The summed E-state index contributed by atoms with van der Waals surface area (Å²) in [5, 5.41) is 14.7. The third kappa shape index (κ3) is 3.41. The number of aromatic hydroxyl groups is 1. The molecule has 98 valence electrons. The number of phenols is 1. The van der Waals surface area contributed by atoms with Gasteiger partial charge in [0.2, 0.25) is 5.91 Å². The van der Waals surface area contributed by atoms with Gasteiger partial charge < -0.3 is 20.5 Å². The molecule has 1 amide bonds. The number of hydrogen-bond donors (Lipinski definition) is 3. The number of nitrogens with one attached hydrogen (secondary N) is 2. The molecule has 0 saturated carbocycles. The number of benzene rings is 1. The lowest BCUT2D eigenvalue weighted by molar-refractivity contribution is -0.119. The Morgan fingerprint density at radius 2 is 2.44 bits per heavy atom. The topological polar surface area (TPSA) is 70.6 Å². The summed E-state index contributed by atoms with van der Waals surface area (Å²) in [7, 11) is 0. The first-order valence-corrected chi connectivity index (χ1v) is 5.76. The molecule has 2 rings (SSSR count). The number of hydrogen-bond acceptors (Lipinski definition) is 4. The molecule has 0 radical (unpaired) electrons. The normalized spacial score (nSPS) is 19.5. The van der Waals surface area contributed by atoms with Crippen LogP contribution in [0.1, 0.15) is 6.42 Å². The molecule has 18 heavy (non-hydrogen) atoms. The average molecular weight is 254 g/mol. The molecule has 0 spiro atoms. The lowest BCUT2D eigenvalue weighted by atomic mass is 10.2. The number of morpholine rings is 1. The molecule has 0 aromatic heterocycles. The van der Waals surface area contributed by atoms with E-state index in [-0.39, 0.29) is 18.4 Å². The fourth-order valence-corrected chi connectivity index (χ4v) is 1.75. The maximum atomic E-state index is 13.1. The Labute approximate surface area is 104 Å². The van der Waals surface area contributed by atoms with Gasteiger partial charge in [-0.1, -0.05) is 0 Å². The molecule has 1 aliphatic heterocycles. The number of ether oxygens (including phenoxy) is 1.